The van der Waals surface area contributed by atoms with Gasteiger partial charge < -0.3 is 4.42 Å². The molecule has 5 aromatic rings. The summed E-state index contributed by atoms with van der Waals surface area (Å²) in [6.07, 6.45) is 2.24. The smallest absolute Gasteiger partial charge is 0.227 e. The van der Waals surface area contributed by atoms with E-state index in [1.165, 1.54) is 39.1 Å². The van der Waals surface area contributed by atoms with E-state index in [4.69, 9.17) is 9.40 Å². The second-order valence-corrected chi connectivity index (χ2v) is 12.3. The van der Waals surface area contributed by atoms with Crippen LogP contribution in [0.1, 0.15) is 75.4 Å². The van der Waals surface area contributed by atoms with Crippen molar-refractivity contribution < 1.29 is 8.98 Å². The average molecular weight is 504 g/mol. The molecular formula is C35H39N2O+. The van der Waals surface area contributed by atoms with E-state index in [0.29, 0.717) is 17.8 Å². The second-order valence-electron chi connectivity index (χ2n) is 12.3. The van der Waals surface area contributed by atoms with Crippen molar-refractivity contribution in [3.63, 3.8) is 0 Å². The van der Waals surface area contributed by atoms with Crippen molar-refractivity contribution in [2.75, 3.05) is 0 Å². The van der Waals surface area contributed by atoms with E-state index < -0.39 is 0 Å². The van der Waals surface area contributed by atoms with Crippen molar-refractivity contribution >= 4 is 22.1 Å². The number of aryl methyl sites for hydroxylation is 3. The molecule has 3 nitrogen and oxygen atoms in total. The number of furan rings is 1. The third-order valence-electron chi connectivity index (χ3n) is 9.11. The van der Waals surface area contributed by atoms with Gasteiger partial charge in [-0.25, -0.2) is 9.55 Å². The fraction of sp³-hybridized carbons (Fsp3) is 0.371. The summed E-state index contributed by atoms with van der Waals surface area (Å²) in [4.78, 5) is 5.38. The van der Waals surface area contributed by atoms with Gasteiger partial charge in [0, 0.05) is 33.4 Å². The van der Waals surface area contributed by atoms with Gasteiger partial charge in [-0.3, -0.25) is 0 Å². The average Bonchev–Trinajstić information content (AvgIpc) is 3.36. The molecule has 0 saturated carbocycles. The van der Waals surface area contributed by atoms with Gasteiger partial charge in [0.25, 0.3) is 0 Å². The molecule has 1 aliphatic rings. The Hall–Kier alpha value is -3.46. The van der Waals surface area contributed by atoms with E-state index in [9.17, 15) is 0 Å². The molecule has 3 heterocycles. The maximum Gasteiger partial charge on any atom is 0.227 e. The summed E-state index contributed by atoms with van der Waals surface area (Å²) in [6.45, 7) is 18.3. The van der Waals surface area contributed by atoms with Crippen LogP contribution < -0.4 is 4.57 Å². The Morgan fingerprint density at radius 1 is 0.816 bits per heavy atom. The quantitative estimate of drug-likeness (QED) is 0.229. The second kappa shape index (κ2) is 8.53. The highest BCUT2D eigenvalue weighted by Gasteiger charge is 2.49. The molecule has 0 N–H and O–H groups in total. The van der Waals surface area contributed by atoms with Crippen LogP contribution in [0.2, 0.25) is 0 Å². The van der Waals surface area contributed by atoms with E-state index in [2.05, 4.69) is 122 Å². The van der Waals surface area contributed by atoms with Gasteiger partial charge >= 0.3 is 0 Å². The predicted octanol–water partition coefficient (Wildman–Crippen LogP) is 8.79. The lowest BCUT2D eigenvalue weighted by atomic mass is 9.64. The Bertz CT molecular complexity index is 1730. The molecule has 0 aliphatic heterocycles. The lowest BCUT2D eigenvalue weighted by Gasteiger charge is -2.39. The monoisotopic (exact) mass is 503 g/mol. The van der Waals surface area contributed by atoms with Crippen LogP contribution >= 0.6 is 0 Å². The number of hydrogen-bond acceptors (Lipinski definition) is 2. The number of aromatic nitrogens is 2. The number of pyridine rings is 2. The molecule has 1 aliphatic carbocycles. The van der Waals surface area contributed by atoms with Crippen LogP contribution in [0.5, 0.6) is 0 Å². The first-order chi connectivity index (χ1) is 18.1. The van der Waals surface area contributed by atoms with Crippen molar-refractivity contribution in [2.45, 2.75) is 66.7 Å². The van der Waals surface area contributed by atoms with E-state index in [0.717, 1.165) is 33.3 Å². The van der Waals surface area contributed by atoms with Crippen molar-refractivity contribution in [2.24, 2.45) is 18.9 Å². The molecule has 38 heavy (non-hydrogen) atoms. The Balaban J connectivity index is 1.69. The van der Waals surface area contributed by atoms with Crippen molar-refractivity contribution in [1.29, 1.82) is 0 Å². The van der Waals surface area contributed by atoms with E-state index in [1.807, 2.05) is 0 Å². The highest BCUT2D eigenvalue weighted by Crippen LogP contribution is 2.56. The number of rotatable bonds is 4. The molecule has 0 fully saturated rings. The van der Waals surface area contributed by atoms with Gasteiger partial charge in [-0.15, -0.1) is 0 Å². The molecule has 0 unspecified atom stereocenters. The highest BCUT2D eigenvalue weighted by atomic mass is 16.3. The summed E-state index contributed by atoms with van der Waals surface area (Å²) in [5, 5.41) is 2.23. The zero-order valence-electron chi connectivity index (χ0n) is 24.2. The Morgan fingerprint density at radius 3 is 2.21 bits per heavy atom. The molecule has 0 amide bonds. The highest BCUT2D eigenvalue weighted by molar-refractivity contribution is 6.10. The lowest BCUT2D eigenvalue weighted by Crippen LogP contribution is -2.38. The summed E-state index contributed by atoms with van der Waals surface area (Å²) in [7, 11) is 2.14. The van der Waals surface area contributed by atoms with Crippen LogP contribution in [0.25, 0.3) is 44.5 Å². The van der Waals surface area contributed by atoms with Gasteiger partial charge in [-0.2, -0.15) is 0 Å². The summed E-state index contributed by atoms with van der Waals surface area (Å²) >= 11 is 0. The molecule has 0 atom stereocenters. The van der Waals surface area contributed by atoms with Gasteiger partial charge in [0.1, 0.15) is 7.05 Å². The number of hydrogen-bond donors (Lipinski definition) is 0. The van der Waals surface area contributed by atoms with Gasteiger partial charge in [0.2, 0.25) is 11.4 Å². The maximum absolute atomic E-state index is 6.76. The molecule has 0 radical (unpaired) electrons. The third-order valence-corrected chi connectivity index (χ3v) is 9.11. The zero-order chi connectivity index (χ0) is 27.1. The zero-order valence-corrected chi connectivity index (χ0v) is 24.2. The third kappa shape index (κ3) is 3.20. The molecule has 3 heteroatoms. The largest absolute Gasteiger partial charge is 0.437 e. The van der Waals surface area contributed by atoms with Gasteiger partial charge in [-0.1, -0.05) is 77.9 Å². The normalized spacial score (nSPS) is 14.3. The summed E-state index contributed by atoms with van der Waals surface area (Å²) in [5.41, 5.74) is 12.9. The SMILES string of the molecule is Cc1c[n+](C)c(-c2c(C)ccc3c2oc2nc4c(cc23)-c2ccccc2C4(C(C)C)C(C)C)cc1C(C)C. The maximum atomic E-state index is 6.76. The molecule has 194 valence electrons. The first kappa shape index (κ1) is 24.9. The van der Waals surface area contributed by atoms with Crippen LogP contribution in [-0.4, -0.2) is 4.98 Å². The van der Waals surface area contributed by atoms with Crippen molar-refractivity contribution in [3.8, 4) is 22.4 Å². The van der Waals surface area contributed by atoms with Crippen molar-refractivity contribution in [3.05, 3.63) is 82.7 Å². The minimum Gasteiger partial charge on any atom is -0.437 e. The first-order valence-corrected chi connectivity index (χ1v) is 14.0. The van der Waals surface area contributed by atoms with E-state index in [-0.39, 0.29) is 5.41 Å². The van der Waals surface area contributed by atoms with Crippen LogP contribution in [0.4, 0.5) is 0 Å². The van der Waals surface area contributed by atoms with Crippen LogP contribution in [0.15, 0.2) is 59.1 Å². The number of fused-ring (bicyclic) bond motifs is 6. The molecule has 0 spiro atoms. The topological polar surface area (TPSA) is 29.9 Å². The summed E-state index contributed by atoms with van der Waals surface area (Å²) in [6, 6.07) is 18.0. The van der Waals surface area contributed by atoms with E-state index in [1.54, 1.807) is 0 Å². The fourth-order valence-electron chi connectivity index (χ4n) is 7.41. The van der Waals surface area contributed by atoms with Crippen LogP contribution in [0.3, 0.4) is 0 Å². The van der Waals surface area contributed by atoms with Crippen LogP contribution in [0, 0.1) is 25.7 Å². The molecule has 0 saturated heterocycles. The molecule has 2 aromatic carbocycles. The molecule has 3 aromatic heterocycles. The molecule has 6 rings (SSSR count). The Kier molecular flexibility index (Phi) is 5.58. The molecule has 0 bridgehead atoms. The Labute approximate surface area is 226 Å². The van der Waals surface area contributed by atoms with Gasteiger partial charge in [0.15, 0.2) is 11.8 Å². The van der Waals surface area contributed by atoms with Gasteiger partial charge in [0.05, 0.1) is 11.3 Å². The van der Waals surface area contributed by atoms with Crippen molar-refractivity contribution in [1.82, 2.24) is 4.98 Å². The fourth-order valence-corrected chi connectivity index (χ4v) is 7.41. The Morgan fingerprint density at radius 2 is 1.53 bits per heavy atom. The van der Waals surface area contributed by atoms with Crippen LogP contribution in [-0.2, 0) is 12.5 Å². The molecular weight excluding hydrogens is 464 g/mol. The summed E-state index contributed by atoms with van der Waals surface area (Å²) in [5.74, 6) is 1.26. The minimum absolute atomic E-state index is 0.145. The lowest BCUT2D eigenvalue weighted by molar-refractivity contribution is -0.660. The number of benzene rings is 2. The number of nitrogens with zero attached hydrogens (tertiary/aromatic N) is 2. The minimum atomic E-state index is -0.145. The predicted molar refractivity (Wildman–Crippen MR) is 158 cm³/mol. The van der Waals surface area contributed by atoms with E-state index >= 15 is 0 Å². The standard InChI is InChI=1S/C35H39N2O/c1-19(2)26-17-30(37(9)18-23(26)8)31-22(7)14-15-25-28-16-27-24-12-10-11-13-29(24)35(20(3)4,21(5)6)33(27)36-34(28)38-32(25)31/h10-21H,1-9H3/q+1. The summed E-state index contributed by atoms with van der Waals surface area (Å²) < 4.78 is 9.00. The van der Waals surface area contributed by atoms with Gasteiger partial charge in [-0.05, 0) is 59.9 Å². The first-order valence-electron chi connectivity index (χ1n) is 14.0.